The molecule has 0 spiro atoms. The fourth-order valence-corrected chi connectivity index (χ4v) is 2.11. The average molecular weight is 253 g/mol. The van der Waals surface area contributed by atoms with Gasteiger partial charge in [-0.2, -0.15) is 5.26 Å². The first-order chi connectivity index (χ1) is 8.17. The zero-order valence-corrected chi connectivity index (χ0v) is 11.4. The highest BCUT2D eigenvalue weighted by Crippen LogP contribution is 2.17. The Bertz CT molecular complexity index is 370. The standard InChI is InChI=1S/C11H19N5S/c1-4-7-13-11-15-14-10(17-11)8-16(3)9(2)5-6-12/h9H,4-5,7-8H2,1-3H3,(H,13,15). The van der Waals surface area contributed by atoms with Crippen molar-refractivity contribution in [1.29, 1.82) is 5.26 Å². The van der Waals surface area contributed by atoms with Crippen LogP contribution in [-0.2, 0) is 6.54 Å². The molecular formula is C11H19N5S. The average Bonchev–Trinajstić information content (AvgIpc) is 2.74. The molecule has 1 N–H and O–H groups in total. The van der Waals surface area contributed by atoms with E-state index in [1.54, 1.807) is 11.3 Å². The van der Waals surface area contributed by atoms with Gasteiger partial charge in [0.1, 0.15) is 5.01 Å². The highest BCUT2D eigenvalue weighted by atomic mass is 32.1. The van der Waals surface area contributed by atoms with Gasteiger partial charge in [-0.15, -0.1) is 10.2 Å². The monoisotopic (exact) mass is 253 g/mol. The van der Waals surface area contributed by atoms with Crippen LogP contribution in [0.25, 0.3) is 0 Å². The lowest BCUT2D eigenvalue weighted by molar-refractivity contribution is 0.251. The number of aromatic nitrogens is 2. The molecule has 0 aliphatic rings. The molecule has 5 nitrogen and oxygen atoms in total. The van der Waals surface area contributed by atoms with Gasteiger partial charge in [-0.1, -0.05) is 18.3 Å². The third-order valence-electron chi connectivity index (χ3n) is 2.52. The molecule has 1 heterocycles. The SMILES string of the molecule is CCCNc1nnc(CN(C)C(C)CC#N)s1. The second kappa shape index (κ2) is 7.20. The first-order valence-electron chi connectivity index (χ1n) is 5.80. The van der Waals surface area contributed by atoms with Gasteiger partial charge in [0.25, 0.3) is 0 Å². The molecule has 0 saturated carbocycles. The lowest BCUT2D eigenvalue weighted by Crippen LogP contribution is -2.28. The van der Waals surface area contributed by atoms with Crippen LogP contribution in [0.2, 0.25) is 0 Å². The molecule has 1 aromatic rings. The lowest BCUT2D eigenvalue weighted by atomic mass is 10.2. The number of nitrogens with zero attached hydrogens (tertiary/aromatic N) is 4. The predicted molar refractivity (Wildman–Crippen MR) is 69.8 cm³/mol. The molecule has 0 aliphatic heterocycles. The molecule has 1 unspecified atom stereocenters. The van der Waals surface area contributed by atoms with Crippen molar-refractivity contribution in [3.63, 3.8) is 0 Å². The van der Waals surface area contributed by atoms with Gasteiger partial charge in [-0.05, 0) is 20.4 Å². The zero-order chi connectivity index (χ0) is 12.7. The van der Waals surface area contributed by atoms with Crippen LogP contribution in [0, 0.1) is 11.3 Å². The van der Waals surface area contributed by atoms with E-state index >= 15 is 0 Å². The van der Waals surface area contributed by atoms with Crippen LogP contribution in [0.5, 0.6) is 0 Å². The largest absolute Gasteiger partial charge is 0.360 e. The number of hydrogen-bond acceptors (Lipinski definition) is 6. The quantitative estimate of drug-likeness (QED) is 0.806. The summed E-state index contributed by atoms with van der Waals surface area (Å²) in [5.41, 5.74) is 0. The van der Waals surface area contributed by atoms with Gasteiger partial charge in [0, 0.05) is 12.6 Å². The topological polar surface area (TPSA) is 64.8 Å². The first-order valence-corrected chi connectivity index (χ1v) is 6.62. The van der Waals surface area contributed by atoms with Gasteiger partial charge in [-0.3, -0.25) is 4.90 Å². The summed E-state index contributed by atoms with van der Waals surface area (Å²) >= 11 is 1.58. The van der Waals surface area contributed by atoms with Gasteiger partial charge in [-0.25, -0.2) is 0 Å². The highest BCUT2D eigenvalue weighted by molar-refractivity contribution is 7.15. The van der Waals surface area contributed by atoms with E-state index in [1.165, 1.54) is 0 Å². The van der Waals surface area contributed by atoms with Gasteiger partial charge >= 0.3 is 0 Å². The van der Waals surface area contributed by atoms with Gasteiger partial charge in [0.15, 0.2) is 0 Å². The minimum atomic E-state index is 0.246. The van der Waals surface area contributed by atoms with E-state index in [0.29, 0.717) is 6.42 Å². The van der Waals surface area contributed by atoms with Crippen molar-refractivity contribution in [2.45, 2.75) is 39.3 Å². The number of hydrogen-bond donors (Lipinski definition) is 1. The van der Waals surface area contributed by atoms with Crippen LogP contribution in [0.3, 0.4) is 0 Å². The van der Waals surface area contributed by atoms with Crippen LogP contribution in [-0.4, -0.2) is 34.7 Å². The van der Waals surface area contributed by atoms with Crippen LogP contribution < -0.4 is 5.32 Å². The predicted octanol–water partition coefficient (Wildman–Crippen LogP) is 2.09. The number of nitrogens with one attached hydrogen (secondary N) is 1. The molecule has 0 fully saturated rings. The third kappa shape index (κ3) is 4.67. The van der Waals surface area contributed by atoms with Crippen molar-refractivity contribution in [3.8, 4) is 6.07 Å². The summed E-state index contributed by atoms with van der Waals surface area (Å²) in [5.74, 6) is 0. The summed E-state index contributed by atoms with van der Waals surface area (Å²) in [5, 5.41) is 21.9. The Morgan fingerprint density at radius 1 is 1.53 bits per heavy atom. The number of rotatable bonds is 7. The van der Waals surface area contributed by atoms with Crippen LogP contribution in [0.1, 0.15) is 31.7 Å². The van der Waals surface area contributed by atoms with Gasteiger partial charge in [0.05, 0.1) is 19.0 Å². The maximum Gasteiger partial charge on any atom is 0.205 e. The Hall–Kier alpha value is -1.19. The first kappa shape index (κ1) is 13.9. The molecule has 0 radical (unpaired) electrons. The molecule has 0 aliphatic carbocycles. The molecule has 1 aromatic heterocycles. The van der Waals surface area contributed by atoms with Crippen LogP contribution in [0.15, 0.2) is 0 Å². The summed E-state index contributed by atoms with van der Waals surface area (Å²) in [6.45, 7) is 5.83. The van der Waals surface area contributed by atoms with Crippen LogP contribution in [0.4, 0.5) is 5.13 Å². The zero-order valence-electron chi connectivity index (χ0n) is 10.6. The molecule has 1 atom stereocenters. The molecule has 0 amide bonds. The fraction of sp³-hybridized carbons (Fsp3) is 0.727. The second-order valence-electron chi connectivity index (χ2n) is 4.05. The number of anilines is 1. The Morgan fingerprint density at radius 2 is 2.29 bits per heavy atom. The van der Waals surface area contributed by atoms with E-state index in [9.17, 15) is 0 Å². The highest BCUT2D eigenvalue weighted by Gasteiger charge is 2.12. The lowest BCUT2D eigenvalue weighted by Gasteiger charge is -2.20. The summed E-state index contributed by atoms with van der Waals surface area (Å²) in [6.07, 6.45) is 1.62. The molecule has 0 saturated heterocycles. The van der Waals surface area contributed by atoms with Crippen molar-refractivity contribution in [2.75, 3.05) is 18.9 Å². The minimum Gasteiger partial charge on any atom is -0.360 e. The second-order valence-corrected chi connectivity index (χ2v) is 5.12. The minimum absolute atomic E-state index is 0.246. The van der Waals surface area contributed by atoms with E-state index < -0.39 is 0 Å². The van der Waals surface area contributed by atoms with E-state index in [-0.39, 0.29) is 6.04 Å². The van der Waals surface area contributed by atoms with Gasteiger partial charge < -0.3 is 5.32 Å². The molecule has 0 aromatic carbocycles. The smallest absolute Gasteiger partial charge is 0.205 e. The van der Waals surface area contributed by atoms with E-state index in [1.807, 2.05) is 14.0 Å². The van der Waals surface area contributed by atoms with E-state index in [2.05, 4.69) is 33.4 Å². The van der Waals surface area contributed by atoms with Crippen molar-refractivity contribution in [2.24, 2.45) is 0 Å². The van der Waals surface area contributed by atoms with Gasteiger partial charge in [0.2, 0.25) is 5.13 Å². The van der Waals surface area contributed by atoms with Crippen molar-refractivity contribution in [3.05, 3.63) is 5.01 Å². The molecule has 1 rings (SSSR count). The fourth-order valence-electron chi connectivity index (χ4n) is 1.28. The molecule has 0 bridgehead atoms. The van der Waals surface area contributed by atoms with Crippen molar-refractivity contribution in [1.82, 2.24) is 15.1 Å². The van der Waals surface area contributed by atoms with E-state index in [4.69, 9.17) is 5.26 Å². The number of nitriles is 1. The normalized spacial score (nSPS) is 12.4. The Kier molecular flexibility index (Phi) is 5.87. The Morgan fingerprint density at radius 3 is 2.94 bits per heavy atom. The maximum absolute atomic E-state index is 8.64. The van der Waals surface area contributed by atoms with E-state index in [0.717, 1.165) is 29.6 Å². The molecular weight excluding hydrogens is 234 g/mol. The summed E-state index contributed by atoms with van der Waals surface area (Å²) in [6, 6.07) is 2.43. The summed E-state index contributed by atoms with van der Waals surface area (Å²) in [7, 11) is 2.00. The Balaban J connectivity index is 2.46. The van der Waals surface area contributed by atoms with Crippen molar-refractivity contribution >= 4 is 16.5 Å². The summed E-state index contributed by atoms with van der Waals surface area (Å²) < 4.78 is 0. The molecule has 94 valence electrons. The Labute approximate surface area is 106 Å². The maximum atomic E-state index is 8.64. The molecule has 17 heavy (non-hydrogen) atoms. The molecule has 6 heteroatoms. The van der Waals surface area contributed by atoms with Crippen LogP contribution >= 0.6 is 11.3 Å². The summed E-state index contributed by atoms with van der Waals surface area (Å²) in [4.78, 5) is 2.12. The third-order valence-corrected chi connectivity index (χ3v) is 3.38. The van der Waals surface area contributed by atoms with Crippen molar-refractivity contribution < 1.29 is 0 Å².